The lowest BCUT2D eigenvalue weighted by molar-refractivity contribution is 0.561. The number of nitrogens with zero attached hydrogens (tertiary/aromatic N) is 2. The Kier molecular flexibility index (Phi) is 5.44. The molecule has 2 aliphatic heterocycles. The Balaban J connectivity index is 1.41. The van der Waals surface area contributed by atoms with Crippen molar-refractivity contribution in [2.45, 2.75) is 12.8 Å². The van der Waals surface area contributed by atoms with Gasteiger partial charge in [0.2, 0.25) is 0 Å². The standard InChI is InChI=1S/C24H22F2N4O/c25-21-13-17(15-5-9-27-10-6-15)1-3-19(21)23-29-30-24(31-23)20-4-2-18(14-22(20)26)16-7-11-28-12-8-16/h1-5,7,13-14,27-28H,6,8-12H2. The Morgan fingerprint density at radius 1 is 0.710 bits per heavy atom. The Morgan fingerprint density at radius 2 is 1.19 bits per heavy atom. The highest BCUT2D eigenvalue weighted by molar-refractivity contribution is 5.71. The number of hydrogen-bond acceptors (Lipinski definition) is 5. The minimum Gasteiger partial charge on any atom is -0.416 e. The van der Waals surface area contributed by atoms with E-state index >= 15 is 0 Å². The van der Waals surface area contributed by atoms with Gasteiger partial charge in [0.15, 0.2) is 0 Å². The molecule has 0 amide bonds. The first-order valence-corrected chi connectivity index (χ1v) is 10.4. The molecule has 7 heteroatoms. The molecule has 5 rings (SSSR count). The molecule has 0 unspecified atom stereocenters. The van der Waals surface area contributed by atoms with Crippen molar-refractivity contribution in [1.82, 2.24) is 20.8 Å². The van der Waals surface area contributed by atoms with Crippen molar-refractivity contribution < 1.29 is 13.2 Å². The zero-order chi connectivity index (χ0) is 21.2. The third kappa shape index (κ3) is 4.06. The molecule has 0 radical (unpaired) electrons. The van der Waals surface area contributed by atoms with E-state index in [9.17, 15) is 8.78 Å². The molecule has 2 N–H and O–H groups in total. The van der Waals surface area contributed by atoms with Crippen molar-refractivity contribution >= 4 is 11.1 Å². The van der Waals surface area contributed by atoms with Crippen LogP contribution >= 0.6 is 0 Å². The molecule has 0 fully saturated rings. The molecule has 3 aromatic rings. The fraction of sp³-hybridized carbons (Fsp3) is 0.250. The zero-order valence-electron chi connectivity index (χ0n) is 16.9. The normalized spacial score (nSPS) is 16.7. The summed E-state index contributed by atoms with van der Waals surface area (Å²) in [6.07, 6.45) is 5.84. The molecule has 0 saturated heterocycles. The maximum absolute atomic E-state index is 14.8. The molecule has 2 aromatic carbocycles. The van der Waals surface area contributed by atoms with Gasteiger partial charge in [0, 0.05) is 13.1 Å². The summed E-state index contributed by atoms with van der Waals surface area (Å²) in [6.45, 7) is 3.32. The third-order valence-electron chi connectivity index (χ3n) is 5.69. The minimum atomic E-state index is -0.444. The van der Waals surface area contributed by atoms with Crippen LogP contribution in [0.1, 0.15) is 24.0 Å². The molecule has 0 bridgehead atoms. The van der Waals surface area contributed by atoms with Gasteiger partial charge in [-0.3, -0.25) is 0 Å². The monoisotopic (exact) mass is 420 g/mol. The van der Waals surface area contributed by atoms with E-state index in [0.717, 1.165) is 61.3 Å². The fourth-order valence-electron chi connectivity index (χ4n) is 3.99. The van der Waals surface area contributed by atoms with Gasteiger partial charge in [-0.25, -0.2) is 8.78 Å². The molecule has 158 valence electrons. The van der Waals surface area contributed by atoms with E-state index in [-0.39, 0.29) is 22.9 Å². The van der Waals surface area contributed by atoms with Gasteiger partial charge in [-0.15, -0.1) is 10.2 Å². The van der Waals surface area contributed by atoms with Gasteiger partial charge in [-0.05, 0) is 72.5 Å². The summed E-state index contributed by atoms with van der Waals surface area (Å²) in [4.78, 5) is 0. The first-order valence-electron chi connectivity index (χ1n) is 10.4. The van der Waals surface area contributed by atoms with Gasteiger partial charge >= 0.3 is 0 Å². The van der Waals surface area contributed by atoms with Crippen LogP contribution in [0.5, 0.6) is 0 Å². The Labute approximate surface area is 178 Å². The van der Waals surface area contributed by atoms with E-state index in [1.54, 1.807) is 12.1 Å². The van der Waals surface area contributed by atoms with Crippen LogP contribution in [0.25, 0.3) is 34.1 Å². The van der Waals surface area contributed by atoms with Crippen molar-refractivity contribution in [2.75, 3.05) is 26.2 Å². The van der Waals surface area contributed by atoms with Crippen LogP contribution in [0.3, 0.4) is 0 Å². The highest BCUT2D eigenvalue weighted by Crippen LogP contribution is 2.31. The Morgan fingerprint density at radius 3 is 1.58 bits per heavy atom. The Bertz CT molecular complexity index is 1090. The van der Waals surface area contributed by atoms with Crippen molar-refractivity contribution in [3.63, 3.8) is 0 Å². The van der Waals surface area contributed by atoms with E-state index in [4.69, 9.17) is 4.42 Å². The predicted molar refractivity (Wildman–Crippen MR) is 116 cm³/mol. The van der Waals surface area contributed by atoms with Gasteiger partial charge < -0.3 is 15.1 Å². The lowest BCUT2D eigenvalue weighted by Gasteiger charge is -2.14. The van der Waals surface area contributed by atoms with Gasteiger partial charge in [-0.1, -0.05) is 24.3 Å². The summed E-state index contributed by atoms with van der Waals surface area (Å²) in [7, 11) is 0. The van der Waals surface area contributed by atoms with Crippen LogP contribution in [0, 0.1) is 11.6 Å². The molecular formula is C24H22F2N4O. The Hall–Kier alpha value is -3.16. The highest BCUT2D eigenvalue weighted by Gasteiger charge is 2.19. The van der Waals surface area contributed by atoms with Gasteiger partial charge in [-0.2, -0.15) is 0 Å². The first kappa shape index (κ1) is 19.8. The fourth-order valence-corrected chi connectivity index (χ4v) is 3.99. The highest BCUT2D eigenvalue weighted by atomic mass is 19.1. The summed E-state index contributed by atoms with van der Waals surface area (Å²) in [5.41, 5.74) is 4.32. The molecule has 0 aliphatic carbocycles. The SMILES string of the molecule is Fc1cc(C2=CCNCC2)ccc1-c1nnc(-c2ccc(C3=CCNCC3)cc2F)o1. The first-order chi connectivity index (χ1) is 15.2. The van der Waals surface area contributed by atoms with E-state index in [2.05, 4.69) is 33.0 Å². The molecule has 3 heterocycles. The van der Waals surface area contributed by atoms with Crippen molar-refractivity contribution in [3.05, 3.63) is 71.3 Å². The van der Waals surface area contributed by atoms with E-state index < -0.39 is 11.6 Å². The van der Waals surface area contributed by atoms with Gasteiger partial charge in [0.05, 0.1) is 11.1 Å². The average Bonchev–Trinajstić information content (AvgIpc) is 3.29. The second-order valence-corrected chi connectivity index (χ2v) is 7.67. The molecule has 0 spiro atoms. The van der Waals surface area contributed by atoms with Crippen molar-refractivity contribution in [1.29, 1.82) is 0 Å². The van der Waals surface area contributed by atoms with Crippen molar-refractivity contribution in [3.8, 4) is 22.9 Å². The van der Waals surface area contributed by atoms with Crippen LogP contribution in [-0.2, 0) is 0 Å². The van der Waals surface area contributed by atoms with Crippen LogP contribution in [0.4, 0.5) is 8.78 Å². The smallest absolute Gasteiger partial charge is 0.251 e. The molecule has 1 aromatic heterocycles. The largest absolute Gasteiger partial charge is 0.416 e. The number of aromatic nitrogens is 2. The maximum atomic E-state index is 14.8. The minimum absolute atomic E-state index is 0.0304. The second kappa shape index (κ2) is 8.53. The van der Waals surface area contributed by atoms with E-state index in [0.29, 0.717) is 0 Å². The average molecular weight is 420 g/mol. The lowest BCUT2D eigenvalue weighted by atomic mass is 9.98. The summed E-state index contributed by atoms with van der Waals surface area (Å²) in [5, 5.41) is 14.4. The molecule has 0 atom stereocenters. The van der Waals surface area contributed by atoms with Crippen LogP contribution in [-0.4, -0.2) is 36.4 Å². The summed E-state index contributed by atoms with van der Waals surface area (Å²) in [5.74, 6) is -0.827. The number of nitrogens with one attached hydrogen (secondary N) is 2. The van der Waals surface area contributed by atoms with Crippen molar-refractivity contribution in [2.24, 2.45) is 0 Å². The molecule has 31 heavy (non-hydrogen) atoms. The topological polar surface area (TPSA) is 63.0 Å². The number of rotatable bonds is 4. The van der Waals surface area contributed by atoms with Crippen LogP contribution in [0.2, 0.25) is 0 Å². The second-order valence-electron chi connectivity index (χ2n) is 7.67. The number of hydrogen-bond donors (Lipinski definition) is 2. The molecule has 2 aliphatic rings. The van der Waals surface area contributed by atoms with E-state index in [1.807, 2.05) is 12.1 Å². The summed E-state index contributed by atoms with van der Waals surface area (Å²) < 4.78 is 35.2. The summed E-state index contributed by atoms with van der Waals surface area (Å²) in [6, 6.07) is 9.93. The molecular weight excluding hydrogens is 398 g/mol. The maximum Gasteiger partial charge on any atom is 0.251 e. The number of benzene rings is 2. The van der Waals surface area contributed by atoms with Gasteiger partial charge in [0.25, 0.3) is 11.8 Å². The van der Waals surface area contributed by atoms with Crippen LogP contribution < -0.4 is 10.6 Å². The third-order valence-corrected chi connectivity index (χ3v) is 5.69. The number of halogens is 2. The molecule has 5 nitrogen and oxygen atoms in total. The molecule has 0 saturated carbocycles. The van der Waals surface area contributed by atoms with E-state index in [1.165, 1.54) is 12.1 Å². The lowest BCUT2D eigenvalue weighted by Crippen LogP contribution is -2.20. The quantitative estimate of drug-likeness (QED) is 0.654. The van der Waals surface area contributed by atoms with Crippen LogP contribution in [0.15, 0.2) is 53.0 Å². The zero-order valence-corrected chi connectivity index (χ0v) is 16.9. The summed E-state index contributed by atoms with van der Waals surface area (Å²) >= 11 is 0. The van der Waals surface area contributed by atoms with Gasteiger partial charge in [0.1, 0.15) is 11.6 Å². The predicted octanol–water partition coefficient (Wildman–Crippen LogP) is 4.44.